The third kappa shape index (κ3) is 5.64. The van der Waals surface area contributed by atoms with Crippen LogP contribution in [0.2, 0.25) is 0 Å². The summed E-state index contributed by atoms with van der Waals surface area (Å²) in [7, 11) is 1.54. The number of aromatic nitrogens is 3. The third-order valence-electron chi connectivity index (χ3n) is 5.36. The first-order valence-corrected chi connectivity index (χ1v) is 11.0. The summed E-state index contributed by atoms with van der Waals surface area (Å²) in [6.07, 6.45) is 1.65. The molecule has 0 saturated carbocycles. The van der Waals surface area contributed by atoms with Crippen LogP contribution in [0.3, 0.4) is 0 Å². The fourth-order valence-electron chi connectivity index (χ4n) is 3.52. The molecule has 1 atom stereocenters. The van der Waals surface area contributed by atoms with Crippen LogP contribution < -0.4 is 14.8 Å². The summed E-state index contributed by atoms with van der Waals surface area (Å²) in [5.41, 5.74) is 4.31. The molecule has 0 aliphatic rings. The molecule has 0 amide bonds. The number of anilines is 1. The summed E-state index contributed by atoms with van der Waals surface area (Å²) in [4.78, 5) is 18.2. The Morgan fingerprint density at radius 2 is 1.83 bits per heavy atom. The van der Waals surface area contributed by atoms with Gasteiger partial charge in [-0.2, -0.15) is 0 Å². The van der Waals surface area contributed by atoms with E-state index in [0.29, 0.717) is 28.4 Å². The number of rotatable bonds is 10. The van der Waals surface area contributed by atoms with Crippen LogP contribution in [0.4, 0.5) is 5.69 Å². The molecule has 0 bridgehead atoms. The molecule has 2 aromatic carbocycles. The number of methoxy groups -OCH3 is 1. The van der Waals surface area contributed by atoms with E-state index < -0.39 is 6.04 Å². The number of aliphatic hydroxyl groups is 1. The fourth-order valence-corrected chi connectivity index (χ4v) is 3.52. The maximum atomic E-state index is 13.8. The number of carbonyl (C=O) groups excluding carboxylic acids is 1. The van der Waals surface area contributed by atoms with Gasteiger partial charge in [0.2, 0.25) is 5.78 Å². The number of aryl methyl sites for hydroxylation is 2. The molecule has 0 spiro atoms. The van der Waals surface area contributed by atoms with E-state index in [1.165, 1.54) is 7.11 Å². The van der Waals surface area contributed by atoms with Crippen molar-refractivity contribution >= 4 is 11.5 Å². The van der Waals surface area contributed by atoms with Crippen molar-refractivity contribution in [3.05, 3.63) is 83.3 Å². The zero-order valence-corrected chi connectivity index (χ0v) is 19.7. The van der Waals surface area contributed by atoms with Gasteiger partial charge in [-0.1, -0.05) is 35.9 Å². The Labute approximate surface area is 202 Å². The number of Topliss-reactive ketones (excluding diaryl/α,β-unsaturated/α-hetero) is 1. The van der Waals surface area contributed by atoms with Gasteiger partial charge in [0.15, 0.2) is 5.69 Å². The van der Waals surface area contributed by atoms with Crippen LogP contribution in [0.25, 0.3) is 11.3 Å². The number of ether oxygens (including phenoxy) is 2. The maximum Gasteiger partial charge on any atom is 0.213 e. The Kier molecular flexibility index (Phi) is 7.37. The molecule has 2 heterocycles. The monoisotopic (exact) mass is 474 g/mol. The lowest BCUT2D eigenvalue weighted by molar-refractivity contribution is 0.0960. The van der Waals surface area contributed by atoms with Crippen LogP contribution in [0.1, 0.15) is 33.4 Å². The maximum absolute atomic E-state index is 13.8. The van der Waals surface area contributed by atoms with Crippen LogP contribution >= 0.6 is 0 Å². The molecule has 4 rings (SSSR count). The van der Waals surface area contributed by atoms with Gasteiger partial charge in [-0.25, -0.2) is 4.63 Å². The topological polar surface area (TPSA) is 120 Å². The van der Waals surface area contributed by atoms with Crippen molar-refractivity contribution in [1.82, 2.24) is 15.3 Å². The second kappa shape index (κ2) is 10.8. The quantitative estimate of drug-likeness (QED) is 0.326. The van der Waals surface area contributed by atoms with Gasteiger partial charge in [-0.3, -0.25) is 9.78 Å². The average Bonchev–Trinajstić information content (AvgIpc) is 3.36. The number of aliphatic hydroxyl groups excluding tert-OH is 1. The minimum absolute atomic E-state index is 0.103. The lowest BCUT2D eigenvalue weighted by atomic mass is 9.98. The van der Waals surface area contributed by atoms with Crippen molar-refractivity contribution in [2.45, 2.75) is 19.9 Å². The summed E-state index contributed by atoms with van der Waals surface area (Å²) in [6.45, 7) is 3.85. The lowest BCUT2D eigenvalue weighted by Gasteiger charge is -2.20. The number of ketones is 1. The van der Waals surface area contributed by atoms with E-state index in [4.69, 9.17) is 19.2 Å². The molecule has 0 radical (unpaired) electrons. The van der Waals surface area contributed by atoms with E-state index in [9.17, 15) is 4.79 Å². The molecular formula is C26H26N4O5. The first-order chi connectivity index (χ1) is 17.0. The first-order valence-electron chi connectivity index (χ1n) is 11.0. The zero-order valence-electron chi connectivity index (χ0n) is 19.7. The van der Waals surface area contributed by atoms with Gasteiger partial charge in [0, 0.05) is 46.9 Å². The number of carbonyl (C=O) groups is 1. The number of pyridine rings is 1. The minimum Gasteiger partial charge on any atom is -0.497 e. The Morgan fingerprint density at radius 3 is 2.51 bits per heavy atom. The van der Waals surface area contributed by atoms with E-state index >= 15 is 0 Å². The average molecular weight is 475 g/mol. The van der Waals surface area contributed by atoms with Crippen LogP contribution in [0, 0.1) is 13.8 Å². The van der Waals surface area contributed by atoms with Crippen molar-refractivity contribution < 1.29 is 24.0 Å². The molecule has 4 aromatic rings. The Balaban J connectivity index is 1.73. The van der Waals surface area contributed by atoms with Gasteiger partial charge in [-0.05, 0) is 30.2 Å². The van der Waals surface area contributed by atoms with Crippen molar-refractivity contribution in [1.29, 1.82) is 0 Å². The van der Waals surface area contributed by atoms with Gasteiger partial charge in [0.1, 0.15) is 29.8 Å². The van der Waals surface area contributed by atoms with Gasteiger partial charge in [0.05, 0.1) is 13.7 Å². The van der Waals surface area contributed by atoms with Crippen LogP contribution in [-0.4, -0.2) is 46.5 Å². The van der Waals surface area contributed by atoms with Gasteiger partial charge in [0.25, 0.3) is 0 Å². The van der Waals surface area contributed by atoms with Gasteiger partial charge in [-0.15, -0.1) is 0 Å². The predicted octanol–water partition coefficient (Wildman–Crippen LogP) is 4.16. The third-order valence-corrected chi connectivity index (χ3v) is 5.36. The van der Waals surface area contributed by atoms with Gasteiger partial charge < -0.3 is 19.9 Å². The van der Waals surface area contributed by atoms with Crippen LogP contribution in [0.15, 0.2) is 65.4 Å². The first kappa shape index (κ1) is 23.9. The molecule has 2 N–H and O–H groups in total. The molecule has 0 aliphatic carbocycles. The highest BCUT2D eigenvalue weighted by Crippen LogP contribution is 2.32. The second-order valence-corrected chi connectivity index (χ2v) is 7.97. The number of nitrogens with one attached hydrogen (secondary N) is 1. The summed E-state index contributed by atoms with van der Waals surface area (Å²) in [5, 5.41) is 20.3. The smallest absolute Gasteiger partial charge is 0.213 e. The predicted molar refractivity (Wildman–Crippen MR) is 130 cm³/mol. The molecule has 180 valence electrons. The molecule has 0 fully saturated rings. The summed E-state index contributed by atoms with van der Waals surface area (Å²) >= 11 is 0. The van der Waals surface area contributed by atoms with E-state index in [-0.39, 0.29) is 24.7 Å². The zero-order chi connectivity index (χ0) is 24.8. The summed E-state index contributed by atoms with van der Waals surface area (Å²) in [5.74, 6) is 0.672. The van der Waals surface area contributed by atoms with Crippen LogP contribution in [-0.2, 0) is 0 Å². The molecule has 9 heteroatoms. The Hall–Kier alpha value is -4.24. The minimum atomic E-state index is -0.850. The molecule has 0 aliphatic heterocycles. The highest BCUT2D eigenvalue weighted by Gasteiger charge is 2.29. The van der Waals surface area contributed by atoms with Crippen molar-refractivity contribution in [2.24, 2.45) is 0 Å². The molecule has 35 heavy (non-hydrogen) atoms. The fraction of sp³-hybridized carbons (Fsp3) is 0.231. The Morgan fingerprint density at radius 1 is 1.06 bits per heavy atom. The van der Waals surface area contributed by atoms with Crippen molar-refractivity contribution in [3.8, 4) is 22.8 Å². The van der Waals surface area contributed by atoms with E-state index in [1.807, 2.05) is 50.2 Å². The number of hydrogen-bond acceptors (Lipinski definition) is 9. The summed E-state index contributed by atoms with van der Waals surface area (Å²) in [6, 6.07) is 15.6. The molecule has 2 aromatic heterocycles. The lowest BCUT2D eigenvalue weighted by Crippen LogP contribution is -2.22. The van der Waals surface area contributed by atoms with Crippen molar-refractivity contribution in [2.75, 3.05) is 25.6 Å². The van der Waals surface area contributed by atoms with Crippen LogP contribution in [0.5, 0.6) is 11.5 Å². The number of benzene rings is 2. The molecule has 9 nitrogen and oxygen atoms in total. The Bertz CT molecular complexity index is 1290. The molecular weight excluding hydrogens is 448 g/mol. The SMILES string of the molecule is COc1cc(NC(C(=O)c2nonc2-c2ccc(C)cc2)c2ccc(C)nc2)cc(OCCO)c1. The van der Waals surface area contributed by atoms with E-state index in [0.717, 1.165) is 16.8 Å². The second-order valence-electron chi connectivity index (χ2n) is 7.97. The largest absolute Gasteiger partial charge is 0.497 e. The highest BCUT2D eigenvalue weighted by atomic mass is 16.6. The van der Waals surface area contributed by atoms with E-state index in [2.05, 4.69) is 20.6 Å². The normalized spacial score (nSPS) is 11.7. The van der Waals surface area contributed by atoms with Crippen molar-refractivity contribution in [3.63, 3.8) is 0 Å². The number of nitrogens with zero attached hydrogens (tertiary/aromatic N) is 3. The molecule has 1 unspecified atom stereocenters. The standard InChI is InChI=1S/C26H26N4O5/c1-16-4-7-18(8-5-16)23-25(30-35-29-23)26(32)24(19-9-6-17(2)27-15-19)28-20-12-21(33-3)14-22(13-20)34-11-10-31/h4-9,12-15,24,28,31H,10-11H2,1-3H3. The number of hydrogen-bond donors (Lipinski definition) is 2. The molecule has 0 saturated heterocycles. The van der Waals surface area contributed by atoms with Gasteiger partial charge >= 0.3 is 0 Å². The summed E-state index contributed by atoms with van der Waals surface area (Å²) < 4.78 is 15.9. The van der Waals surface area contributed by atoms with E-state index in [1.54, 1.807) is 24.4 Å². The highest BCUT2D eigenvalue weighted by molar-refractivity contribution is 6.04.